The standard InChI is InChI=1S/C28H29F3N2O2S/c1-2-36(35)26-13-5-21(6-14-26)18-32-27(34)23-7-11-25(12-8-23)33-16-15-22(19-33)17-20-3-9-24(10-4-20)28(29,30)31/h3-14,22H,2,15-19H2,1H3,(H,32,34). The summed E-state index contributed by atoms with van der Waals surface area (Å²) in [5, 5.41) is 2.92. The van der Waals surface area contributed by atoms with Gasteiger partial charge in [-0.1, -0.05) is 31.2 Å². The van der Waals surface area contributed by atoms with E-state index in [1.54, 1.807) is 24.3 Å². The van der Waals surface area contributed by atoms with Gasteiger partial charge in [-0.2, -0.15) is 13.2 Å². The third-order valence-electron chi connectivity index (χ3n) is 6.49. The summed E-state index contributed by atoms with van der Waals surface area (Å²) < 4.78 is 50.2. The molecule has 36 heavy (non-hydrogen) atoms. The lowest BCUT2D eigenvalue weighted by molar-refractivity contribution is -0.137. The van der Waals surface area contributed by atoms with E-state index in [0.717, 1.165) is 59.8 Å². The van der Waals surface area contributed by atoms with Crippen LogP contribution in [0.1, 0.15) is 40.4 Å². The number of nitrogens with zero attached hydrogens (tertiary/aromatic N) is 1. The van der Waals surface area contributed by atoms with Crippen LogP contribution in [0.25, 0.3) is 0 Å². The van der Waals surface area contributed by atoms with Crippen molar-refractivity contribution in [3.05, 3.63) is 95.1 Å². The molecule has 2 unspecified atom stereocenters. The summed E-state index contributed by atoms with van der Waals surface area (Å²) in [6.07, 6.45) is -2.60. The Morgan fingerprint density at radius 1 is 0.972 bits per heavy atom. The summed E-state index contributed by atoms with van der Waals surface area (Å²) in [6.45, 7) is 3.96. The molecule has 3 aromatic carbocycles. The summed E-state index contributed by atoms with van der Waals surface area (Å²) in [6, 6.07) is 20.3. The van der Waals surface area contributed by atoms with Crippen LogP contribution in [0.5, 0.6) is 0 Å². The molecule has 0 saturated carbocycles. The van der Waals surface area contributed by atoms with Gasteiger partial charge in [0.15, 0.2) is 0 Å². The number of nitrogens with one attached hydrogen (secondary N) is 1. The van der Waals surface area contributed by atoms with Crippen LogP contribution in [0.3, 0.4) is 0 Å². The largest absolute Gasteiger partial charge is 0.416 e. The Morgan fingerprint density at radius 3 is 2.22 bits per heavy atom. The zero-order chi connectivity index (χ0) is 25.7. The zero-order valence-corrected chi connectivity index (χ0v) is 20.9. The van der Waals surface area contributed by atoms with Crippen LogP contribution >= 0.6 is 0 Å². The minimum absolute atomic E-state index is 0.163. The quantitative estimate of drug-likeness (QED) is 0.411. The molecule has 1 aliphatic rings. The Morgan fingerprint density at radius 2 is 1.61 bits per heavy atom. The predicted molar refractivity (Wildman–Crippen MR) is 136 cm³/mol. The van der Waals surface area contributed by atoms with E-state index >= 15 is 0 Å². The maximum Gasteiger partial charge on any atom is 0.416 e. The SMILES string of the molecule is CCS(=O)c1ccc(CNC(=O)c2ccc(N3CCC(Cc4ccc(C(F)(F)F)cc4)C3)cc2)cc1. The van der Waals surface area contributed by atoms with Crippen LogP contribution in [-0.4, -0.2) is 29.0 Å². The van der Waals surface area contributed by atoms with Crippen molar-refractivity contribution in [2.24, 2.45) is 5.92 Å². The molecule has 8 heteroatoms. The fraction of sp³-hybridized carbons (Fsp3) is 0.321. The van der Waals surface area contributed by atoms with Crippen LogP contribution in [-0.2, 0) is 29.9 Å². The van der Waals surface area contributed by atoms with E-state index in [1.165, 1.54) is 0 Å². The first-order chi connectivity index (χ1) is 17.2. The van der Waals surface area contributed by atoms with E-state index in [2.05, 4.69) is 10.2 Å². The van der Waals surface area contributed by atoms with Gasteiger partial charge < -0.3 is 10.2 Å². The molecule has 3 aromatic rings. The summed E-state index contributed by atoms with van der Waals surface area (Å²) >= 11 is 0. The average molecular weight is 515 g/mol. The van der Waals surface area contributed by atoms with E-state index in [4.69, 9.17) is 0 Å². The summed E-state index contributed by atoms with van der Waals surface area (Å²) in [4.78, 5) is 15.6. The van der Waals surface area contributed by atoms with Crippen molar-refractivity contribution in [3.8, 4) is 0 Å². The summed E-state index contributed by atoms with van der Waals surface area (Å²) in [5.41, 5.74) is 2.83. The number of carbonyl (C=O) groups is 1. The third kappa shape index (κ3) is 6.55. The molecular weight excluding hydrogens is 485 g/mol. The number of hydrogen-bond acceptors (Lipinski definition) is 3. The molecule has 1 aliphatic heterocycles. The minimum atomic E-state index is -4.31. The van der Waals surface area contributed by atoms with Gasteiger partial charge in [0.2, 0.25) is 0 Å². The van der Waals surface area contributed by atoms with Gasteiger partial charge in [0, 0.05) is 41.5 Å². The first kappa shape index (κ1) is 25.9. The molecule has 1 saturated heterocycles. The second kappa shape index (κ2) is 11.3. The zero-order valence-electron chi connectivity index (χ0n) is 20.1. The number of anilines is 1. The average Bonchev–Trinajstić information content (AvgIpc) is 3.35. The molecule has 1 amide bonds. The van der Waals surface area contributed by atoms with E-state index in [9.17, 15) is 22.2 Å². The Kier molecular flexibility index (Phi) is 8.14. The van der Waals surface area contributed by atoms with Gasteiger partial charge in [-0.3, -0.25) is 9.00 Å². The van der Waals surface area contributed by atoms with Crippen molar-refractivity contribution in [2.45, 2.75) is 37.4 Å². The molecular formula is C28H29F3N2O2S. The first-order valence-electron chi connectivity index (χ1n) is 12.0. The number of halogens is 3. The normalized spacial score (nSPS) is 16.7. The number of rotatable bonds is 8. The highest BCUT2D eigenvalue weighted by atomic mass is 32.2. The fourth-order valence-electron chi connectivity index (χ4n) is 4.43. The van der Waals surface area contributed by atoms with Gasteiger partial charge in [-0.05, 0) is 78.4 Å². The number of hydrogen-bond donors (Lipinski definition) is 1. The second-order valence-electron chi connectivity index (χ2n) is 9.01. The van der Waals surface area contributed by atoms with E-state index in [1.807, 2.05) is 43.3 Å². The molecule has 4 rings (SSSR count). The molecule has 2 atom stereocenters. The lowest BCUT2D eigenvalue weighted by atomic mass is 9.98. The molecule has 1 N–H and O–H groups in total. The molecule has 4 nitrogen and oxygen atoms in total. The Bertz CT molecular complexity index is 1190. The van der Waals surface area contributed by atoms with Gasteiger partial charge in [0.05, 0.1) is 16.4 Å². The summed E-state index contributed by atoms with van der Waals surface area (Å²) in [7, 11) is -0.990. The second-order valence-corrected chi connectivity index (χ2v) is 10.7. The molecule has 1 heterocycles. The molecule has 0 bridgehead atoms. The van der Waals surface area contributed by atoms with Gasteiger partial charge in [-0.15, -0.1) is 0 Å². The lowest BCUT2D eigenvalue weighted by Gasteiger charge is -2.19. The highest BCUT2D eigenvalue weighted by Gasteiger charge is 2.30. The monoisotopic (exact) mass is 514 g/mol. The van der Waals surface area contributed by atoms with Gasteiger partial charge in [0.25, 0.3) is 5.91 Å². The summed E-state index contributed by atoms with van der Waals surface area (Å²) in [5.74, 6) is 0.777. The first-order valence-corrected chi connectivity index (χ1v) is 13.3. The Labute approximate surface area is 212 Å². The number of benzene rings is 3. The van der Waals surface area contributed by atoms with Gasteiger partial charge in [-0.25, -0.2) is 0 Å². The van der Waals surface area contributed by atoms with Crippen LogP contribution in [0, 0.1) is 5.92 Å². The van der Waals surface area contributed by atoms with Crippen molar-refractivity contribution < 1.29 is 22.2 Å². The highest BCUT2D eigenvalue weighted by molar-refractivity contribution is 7.85. The van der Waals surface area contributed by atoms with Crippen LogP contribution < -0.4 is 10.2 Å². The van der Waals surface area contributed by atoms with E-state index < -0.39 is 22.5 Å². The Balaban J connectivity index is 1.27. The molecule has 0 aliphatic carbocycles. The third-order valence-corrected chi connectivity index (χ3v) is 7.81. The van der Waals surface area contributed by atoms with Crippen LogP contribution in [0.4, 0.5) is 18.9 Å². The van der Waals surface area contributed by atoms with Gasteiger partial charge in [0.1, 0.15) is 0 Å². The van der Waals surface area contributed by atoms with Crippen molar-refractivity contribution >= 4 is 22.4 Å². The highest BCUT2D eigenvalue weighted by Crippen LogP contribution is 2.31. The van der Waals surface area contributed by atoms with Crippen molar-refractivity contribution in [2.75, 3.05) is 23.7 Å². The molecule has 0 aromatic heterocycles. The molecule has 190 valence electrons. The molecule has 0 spiro atoms. The molecule has 1 fully saturated rings. The topological polar surface area (TPSA) is 49.4 Å². The predicted octanol–water partition coefficient (Wildman–Crippen LogP) is 5.83. The lowest BCUT2D eigenvalue weighted by Crippen LogP contribution is -2.23. The van der Waals surface area contributed by atoms with E-state index in [-0.39, 0.29) is 5.91 Å². The van der Waals surface area contributed by atoms with E-state index in [0.29, 0.717) is 23.8 Å². The number of amides is 1. The smallest absolute Gasteiger partial charge is 0.371 e. The fourth-order valence-corrected chi connectivity index (χ4v) is 5.20. The van der Waals surface area contributed by atoms with Crippen molar-refractivity contribution in [1.82, 2.24) is 5.32 Å². The molecule has 0 radical (unpaired) electrons. The van der Waals surface area contributed by atoms with Crippen LogP contribution in [0.15, 0.2) is 77.7 Å². The van der Waals surface area contributed by atoms with Crippen molar-refractivity contribution in [1.29, 1.82) is 0 Å². The minimum Gasteiger partial charge on any atom is -0.371 e. The number of alkyl halides is 3. The van der Waals surface area contributed by atoms with Gasteiger partial charge >= 0.3 is 6.18 Å². The van der Waals surface area contributed by atoms with Crippen molar-refractivity contribution in [3.63, 3.8) is 0 Å². The number of carbonyl (C=O) groups excluding carboxylic acids is 1. The van der Waals surface area contributed by atoms with Crippen LogP contribution in [0.2, 0.25) is 0 Å². The maximum atomic E-state index is 12.8. The Hall–Kier alpha value is -3.13. The maximum absolute atomic E-state index is 12.8.